The fourth-order valence-electron chi connectivity index (χ4n) is 3.82. The lowest BCUT2D eigenvalue weighted by Gasteiger charge is -2.28. The highest BCUT2D eigenvalue weighted by Gasteiger charge is 2.41. The second kappa shape index (κ2) is 10.3. The summed E-state index contributed by atoms with van der Waals surface area (Å²) in [5, 5.41) is 3.67. The van der Waals surface area contributed by atoms with Crippen molar-refractivity contribution in [1.29, 1.82) is 0 Å². The third kappa shape index (κ3) is 5.65. The highest BCUT2D eigenvalue weighted by atomic mass is 32.2. The quantitative estimate of drug-likeness (QED) is 0.595. The SMILES string of the molecule is CCCCCCNC(=O)CCCCC1SCC2C(C)C(=O)C=CC12. The lowest BCUT2D eigenvalue weighted by Crippen LogP contribution is -2.31. The van der Waals surface area contributed by atoms with Gasteiger partial charge in [0.15, 0.2) is 5.78 Å². The molecular formula is C20H33NO2S. The summed E-state index contributed by atoms with van der Waals surface area (Å²) in [4.78, 5) is 23.6. The number of fused-ring (bicyclic) bond motifs is 1. The van der Waals surface area contributed by atoms with Gasteiger partial charge >= 0.3 is 0 Å². The van der Waals surface area contributed by atoms with E-state index in [9.17, 15) is 9.59 Å². The monoisotopic (exact) mass is 351 g/mol. The van der Waals surface area contributed by atoms with E-state index in [0.29, 0.717) is 29.3 Å². The number of hydrogen-bond acceptors (Lipinski definition) is 3. The summed E-state index contributed by atoms with van der Waals surface area (Å²) in [7, 11) is 0. The van der Waals surface area contributed by atoms with Gasteiger partial charge in [0, 0.05) is 24.1 Å². The fourth-order valence-corrected chi connectivity index (χ4v) is 5.65. The number of allylic oxidation sites excluding steroid dienone is 2. The van der Waals surface area contributed by atoms with Crippen LogP contribution in [0.4, 0.5) is 0 Å². The molecule has 1 aliphatic carbocycles. The van der Waals surface area contributed by atoms with Gasteiger partial charge in [-0.25, -0.2) is 0 Å². The number of nitrogens with one attached hydrogen (secondary N) is 1. The van der Waals surface area contributed by atoms with Crippen LogP contribution in [-0.2, 0) is 9.59 Å². The normalized spacial score (nSPS) is 28.8. The summed E-state index contributed by atoms with van der Waals surface area (Å²) in [6.07, 6.45) is 12.7. The third-order valence-electron chi connectivity index (χ3n) is 5.50. The molecule has 0 spiro atoms. The van der Waals surface area contributed by atoms with Crippen LogP contribution < -0.4 is 5.32 Å². The van der Waals surface area contributed by atoms with Crippen LogP contribution in [0.25, 0.3) is 0 Å². The molecule has 0 aromatic carbocycles. The van der Waals surface area contributed by atoms with Gasteiger partial charge in [0.1, 0.15) is 0 Å². The second-order valence-corrected chi connectivity index (χ2v) is 8.59. The minimum absolute atomic E-state index is 0.191. The Kier molecular flexibility index (Phi) is 8.37. The highest BCUT2D eigenvalue weighted by molar-refractivity contribution is 8.00. The Morgan fingerprint density at radius 1 is 1.25 bits per heavy atom. The second-order valence-electron chi connectivity index (χ2n) is 7.32. The van der Waals surface area contributed by atoms with Crippen LogP contribution in [0.15, 0.2) is 12.2 Å². The van der Waals surface area contributed by atoms with Crippen molar-refractivity contribution < 1.29 is 9.59 Å². The highest BCUT2D eigenvalue weighted by Crippen LogP contribution is 2.46. The van der Waals surface area contributed by atoms with Gasteiger partial charge < -0.3 is 5.32 Å². The molecule has 0 bridgehead atoms. The van der Waals surface area contributed by atoms with Crippen LogP contribution in [0.5, 0.6) is 0 Å². The number of carbonyl (C=O) groups is 2. The van der Waals surface area contributed by atoms with Crippen LogP contribution in [-0.4, -0.2) is 29.2 Å². The fraction of sp³-hybridized carbons (Fsp3) is 0.800. The van der Waals surface area contributed by atoms with Gasteiger partial charge in [-0.1, -0.05) is 45.6 Å². The number of amides is 1. The largest absolute Gasteiger partial charge is 0.356 e. The Bertz CT molecular complexity index is 449. The summed E-state index contributed by atoms with van der Waals surface area (Å²) >= 11 is 2.03. The first-order valence-corrected chi connectivity index (χ1v) is 10.8. The van der Waals surface area contributed by atoms with Gasteiger partial charge in [0.2, 0.25) is 5.91 Å². The zero-order chi connectivity index (χ0) is 17.4. The zero-order valence-corrected chi connectivity index (χ0v) is 16.1. The van der Waals surface area contributed by atoms with E-state index in [4.69, 9.17) is 0 Å². The summed E-state index contributed by atoms with van der Waals surface area (Å²) in [6, 6.07) is 0. The maximum Gasteiger partial charge on any atom is 0.219 e. The Morgan fingerprint density at radius 2 is 2.08 bits per heavy atom. The van der Waals surface area contributed by atoms with Gasteiger partial charge in [0.25, 0.3) is 0 Å². The molecule has 1 amide bonds. The van der Waals surface area contributed by atoms with E-state index in [2.05, 4.69) is 25.2 Å². The van der Waals surface area contributed by atoms with Gasteiger partial charge in [-0.15, -0.1) is 0 Å². The van der Waals surface area contributed by atoms with Crippen molar-refractivity contribution in [2.75, 3.05) is 12.3 Å². The molecule has 24 heavy (non-hydrogen) atoms. The van der Waals surface area contributed by atoms with Crippen LogP contribution in [0, 0.1) is 17.8 Å². The molecule has 1 heterocycles. The molecule has 0 saturated carbocycles. The van der Waals surface area contributed by atoms with Gasteiger partial charge in [-0.3, -0.25) is 9.59 Å². The molecule has 4 unspecified atom stereocenters. The molecule has 1 saturated heterocycles. The topological polar surface area (TPSA) is 46.2 Å². The van der Waals surface area contributed by atoms with Crippen LogP contribution in [0.2, 0.25) is 0 Å². The molecule has 2 aliphatic rings. The third-order valence-corrected chi connectivity index (χ3v) is 7.05. The summed E-state index contributed by atoms with van der Waals surface area (Å²) in [6.45, 7) is 5.11. The van der Waals surface area contributed by atoms with Crippen LogP contribution in [0.3, 0.4) is 0 Å². The van der Waals surface area contributed by atoms with Gasteiger partial charge in [-0.05, 0) is 42.9 Å². The molecule has 1 N–H and O–H groups in total. The smallest absolute Gasteiger partial charge is 0.219 e. The molecule has 4 heteroatoms. The van der Waals surface area contributed by atoms with E-state index in [1.807, 2.05) is 11.8 Å². The van der Waals surface area contributed by atoms with Gasteiger partial charge in [-0.2, -0.15) is 11.8 Å². The minimum Gasteiger partial charge on any atom is -0.356 e. The maximum atomic E-state index is 11.8. The van der Waals surface area contributed by atoms with Crippen molar-refractivity contribution in [2.24, 2.45) is 17.8 Å². The lowest BCUT2D eigenvalue weighted by atomic mass is 9.75. The van der Waals surface area contributed by atoms with E-state index in [0.717, 1.165) is 31.6 Å². The van der Waals surface area contributed by atoms with E-state index >= 15 is 0 Å². The van der Waals surface area contributed by atoms with E-state index in [1.165, 1.54) is 25.7 Å². The summed E-state index contributed by atoms with van der Waals surface area (Å²) in [5.41, 5.74) is 0. The average molecular weight is 352 g/mol. The first-order valence-electron chi connectivity index (χ1n) is 9.73. The Morgan fingerprint density at radius 3 is 2.88 bits per heavy atom. The van der Waals surface area contributed by atoms with Gasteiger partial charge in [0.05, 0.1) is 0 Å². The summed E-state index contributed by atoms with van der Waals surface area (Å²) < 4.78 is 0. The van der Waals surface area contributed by atoms with Crippen molar-refractivity contribution in [3.63, 3.8) is 0 Å². The van der Waals surface area contributed by atoms with Crippen molar-refractivity contribution in [3.8, 4) is 0 Å². The Labute approximate surface area is 151 Å². The molecule has 0 aromatic heterocycles. The molecule has 4 atom stereocenters. The van der Waals surface area contributed by atoms with Crippen LogP contribution >= 0.6 is 11.8 Å². The molecule has 0 aromatic rings. The van der Waals surface area contributed by atoms with Crippen molar-refractivity contribution in [3.05, 3.63) is 12.2 Å². The number of unbranched alkanes of at least 4 members (excludes halogenated alkanes) is 4. The molecular weight excluding hydrogens is 318 g/mol. The number of carbonyl (C=O) groups excluding carboxylic acids is 2. The Hall–Kier alpha value is -0.770. The van der Waals surface area contributed by atoms with Crippen molar-refractivity contribution in [1.82, 2.24) is 5.32 Å². The predicted molar refractivity (Wildman–Crippen MR) is 102 cm³/mol. The number of hydrogen-bond donors (Lipinski definition) is 1. The number of rotatable bonds is 10. The standard InChI is InChI=1S/C20H33NO2S/c1-3-4-5-8-13-21-20(23)10-7-6-9-19-16-11-12-18(22)15(2)17(16)14-24-19/h11-12,15-17,19H,3-10,13-14H2,1-2H3,(H,21,23). The van der Waals surface area contributed by atoms with Crippen molar-refractivity contribution in [2.45, 2.75) is 70.5 Å². The van der Waals surface area contributed by atoms with Crippen molar-refractivity contribution >= 4 is 23.5 Å². The van der Waals surface area contributed by atoms with E-state index in [-0.39, 0.29) is 11.8 Å². The van der Waals surface area contributed by atoms with E-state index < -0.39 is 0 Å². The maximum absolute atomic E-state index is 11.8. The molecule has 3 nitrogen and oxygen atoms in total. The molecule has 2 rings (SSSR count). The zero-order valence-electron chi connectivity index (χ0n) is 15.3. The lowest BCUT2D eigenvalue weighted by molar-refractivity contribution is -0.121. The molecule has 136 valence electrons. The average Bonchev–Trinajstić information content (AvgIpc) is 2.98. The molecule has 1 fully saturated rings. The Balaban J connectivity index is 1.57. The number of ketones is 1. The van der Waals surface area contributed by atoms with Crippen LogP contribution in [0.1, 0.15) is 65.2 Å². The summed E-state index contributed by atoms with van der Waals surface area (Å²) in [5.74, 6) is 2.91. The van der Waals surface area contributed by atoms with E-state index in [1.54, 1.807) is 6.08 Å². The minimum atomic E-state index is 0.191. The molecule has 1 aliphatic heterocycles. The first kappa shape index (κ1) is 19.6. The predicted octanol–water partition coefficient (Wildman–Crippen LogP) is 4.37. The first-order chi connectivity index (χ1) is 11.6. The number of thioether (sulfide) groups is 1. The molecule has 0 radical (unpaired) electrons.